The molecule has 212 valence electrons. The highest BCUT2D eigenvalue weighted by Crippen LogP contribution is 2.34. The molecule has 3 aromatic carbocycles. The van der Waals surface area contributed by atoms with Gasteiger partial charge in [0.15, 0.2) is 0 Å². The Morgan fingerprint density at radius 2 is 1.54 bits per heavy atom. The van der Waals surface area contributed by atoms with Crippen LogP contribution in [0.1, 0.15) is 63.2 Å². The average molecular weight is 561 g/mol. The number of para-hydroxylation sites is 1. The van der Waals surface area contributed by atoms with E-state index < -0.39 is 11.9 Å². The average Bonchev–Trinajstić information content (AvgIpc) is 2.93. The van der Waals surface area contributed by atoms with E-state index in [1.807, 2.05) is 32.0 Å². The van der Waals surface area contributed by atoms with Gasteiger partial charge in [0.1, 0.15) is 5.69 Å². The smallest absolute Gasteiger partial charge is 0.382 e. The molecule has 0 aliphatic heterocycles. The monoisotopic (exact) mass is 560 g/mol. The first-order valence-electron chi connectivity index (χ1n) is 13.6. The minimum atomic E-state index is -4.56. The summed E-state index contributed by atoms with van der Waals surface area (Å²) in [5, 5.41) is 9.91. The zero-order valence-corrected chi connectivity index (χ0v) is 22.8. The lowest BCUT2D eigenvalue weighted by atomic mass is 9.90. The number of anilines is 2. The fraction of sp³-hybridized carbons (Fsp3) is 0.281. The van der Waals surface area contributed by atoms with Crippen LogP contribution in [0.4, 0.5) is 24.5 Å². The molecule has 2 atom stereocenters. The summed E-state index contributed by atoms with van der Waals surface area (Å²) < 4.78 is 40.5. The quantitative estimate of drug-likeness (QED) is 0.232. The van der Waals surface area contributed by atoms with Crippen molar-refractivity contribution in [3.05, 3.63) is 101 Å². The van der Waals surface area contributed by atoms with Crippen LogP contribution in [0.5, 0.6) is 0 Å². The Bertz CT molecular complexity index is 1600. The van der Waals surface area contributed by atoms with Gasteiger partial charge in [0.25, 0.3) is 11.8 Å². The van der Waals surface area contributed by atoms with Gasteiger partial charge in [-0.1, -0.05) is 36.4 Å². The lowest BCUT2D eigenvalue weighted by Crippen LogP contribution is -2.42. The Balaban J connectivity index is 1.25. The third-order valence-electron chi connectivity index (χ3n) is 7.49. The Morgan fingerprint density at radius 3 is 2.29 bits per heavy atom. The molecule has 0 saturated heterocycles. The standard InChI is InChI=1S/C32H31F3N4O2/c1-19-8-3-4-11-24(19)30(40)38-23-14-15-25(20(2)16-23)31(41)37-22-10-7-9-21(17-22)36-28-18-29(32(33,34)35)39-27-13-6-5-12-26(27)28/h3-6,8,11-16,18,21-22H,7,9-10,17H2,1-2H3,(H,36,39)(H,37,41)(H,38,40)/t21-,22+/m0/s1. The molecule has 41 heavy (non-hydrogen) atoms. The Hall–Kier alpha value is -4.40. The molecule has 1 aliphatic rings. The second-order valence-electron chi connectivity index (χ2n) is 10.5. The summed E-state index contributed by atoms with van der Waals surface area (Å²) >= 11 is 0. The largest absolute Gasteiger partial charge is 0.433 e. The fourth-order valence-corrected chi connectivity index (χ4v) is 5.40. The summed E-state index contributed by atoms with van der Waals surface area (Å²) in [6.45, 7) is 3.69. The van der Waals surface area contributed by atoms with E-state index in [2.05, 4.69) is 20.9 Å². The zero-order valence-electron chi connectivity index (χ0n) is 22.8. The van der Waals surface area contributed by atoms with E-state index in [4.69, 9.17) is 0 Å². The Morgan fingerprint density at radius 1 is 0.829 bits per heavy atom. The number of fused-ring (bicyclic) bond motifs is 1. The Labute approximate surface area is 236 Å². The molecule has 0 bridgehead atoms. The van der Waals surface area contributed by atoms with Crippen LogP contribution in [0.25, 0.3) is 10.9 Å². The molecule has 3 N–H and O–H groups in total. The number of pyridine rings is 1. The van der Waals surface area contributed by atoms with Crippen molar-refractivity contribution in [2.75, 3.05) is 10.6 Å². The van der Waals surface area contributed by atoms with E-state index in [0.29, 0.717) is 34.3 Å². The fourth-order valence-electron chi connectivity index (χ4n) is 5.40. The number of rotatable bonds is 6. The van der Waals surface area contributed by atoms with Crippen molar-refractivity contribution in [2.24, 2.45) is 0 Å². The van der Waals surface area contributed by atoms with Crippen molar-refractivity contribution in [1.82, 2.24) is 10.3 Å². The lowest BCUT2D eigenvalue weighted by Gasteiger charge is -2.31. The van der Waals surface area contributed by atoms with E-state index in [-0.39, 0.29) is 29.4 Å². The predicted octanol–water partition coefficient (Wildman–Crippen LogP) is 7.28. The molecule has 1 aromatic heterocycles. The molecule has 5 rings (SSSR count). The van der Waals surface area contributed by atoms with Gasteiger partial charge in [0, 0.05) is 40.0 Å². The first-order valence-corrected chi connectivity index (χ1v) is 13.6. The Kier molecular flexibility index (Phi) is 7.97. The van der Waals surface area contributed by atoms with E-state index in [9.17, 15) is 22.8 Å². The van der Waals surface area contributed by atoms with Gasteiger partial charge in [0.2, 0.25) is 0 Å². The first-order chi connectivity index (χ1) is 19.6. The summed E-state index contributed by atoms with van der Waals surface area (Å²) in [5.74, 6) is -0.441. The van der Waals surface area contributed by atoms with Gasteiger partial charge in [-0.2, -0.15) is 13.2 Å². The summed E-state index contributed by atoms with van der Waals surface area (Å²) in [4.78, 5) is 29.6. The van der Waals surface area contributed by atoms with Crippen molar-refractivity contribution < 1.29 is 22.8 Å². The highest BCUT2D eigenvalue weighted by Gasteiger charge is 2.34. The molecule has 1 saturated carbocycles. The second kappa shape index (κ2) is 11.6. The summed E-state index contributed by atoms with van der Waals surface area (Å²) in [7, 11) is 0. The third kappa shape index (κ3) is 6.51. The van der Waals surface area contributed by atoms with Crippen molar-refractivity contribution >= 4 is 34.1 Å². The van der Waals surface area contributed by atoms with Gasteiger partial charge in [-0.05, 0) is 87.1 Å². The highest BCUT2D eigenvalue weighted by atomic mass is 19.4. The summed E-state index contributed by atoms with van der Waals surface area (Å²) in [6.07, 6.45) is -1.61. The number of hydrogen-bond donors (Lipinski definition) is 3. The van der Waals surface area contributed by atoms with Crippen LogP contribution in [0.15, 0.2) is 72.8 Å². The number of nitrogens with one attached hydrogen (secondary N) is 3. The molecule has 0 spiro atoms. The number of hydrogen-bond acceptors (Lipinski definition) is 4. The summed E-state index contributed by atoms with van der Waals surface area (Å²) in [5.41, 5.74) is 3.00. The minimum absolute atomic E-state index is 0.110. The topological polar surface area (TPSA) is 83.1 Å². The first kappa shape index (κ1) is 28.1. The zero-order chi connectivity index (χ0) is 29.1. The molecule has 2 amide bonds. The molecule has 0 radical (unpaired) electrons. The number of aromatic nitrogens is 1. The number of benzene rings is 3. The van der Waals surface area contributed by atoms with Crippen LogP contribution >= 0.6 is 0 Å². The van der Waals surface area contributed by atoms with E-state index in [1.165, 1.54) is 0 Å². The molecule has 9 heteroatoms. The second-order valence-corrected chi connectivity index (χ2v) is 10.5. The van der Waals surface area contributed by atoms with E-state index in [1.54, 1.807) is 48.5 Å². The molecule has 4 aromatic rings. The number of halogens is 3. The maximum atomic E-state index is 13.5. The third-order valence-corrected chi connectivity index (χ3v) is 7.49. The number of alkyl halides is 3. The number of carbonyl (C=O) groups excluding carboxylic acids is 2. The van der Waals surface area contributed by atoms with E-state index >= 15 is 0 Å². The predicted molar refractivity (Wildman–Crippen MR) is 154 cm³/mol. The molecule has 6 nitrogen and oxygen atoms in total. The molecular formula is C32H31F3N4O2. The van der Waals surface area contributed by atoms with Gasteiger partial charge in [0.05, 0.1) is 5.52 Å². The maximum Gasteiger partial charge on any atom is 0.433 e. The van der Waals surface area contributed by atoms with Gasteiger partial charge < -0.3 is 16.0 Å². The van der Waals surface area contributed by atoms with Crippen LogP contribution in [0.3, 0.4) is 0 Å². The van der Waals surface area contributed by atoms with E-state index in [0.717, 1.165) is 36.5 Å². The number of aryl methyl sites for hydroxylation is 2. The van der Waals surface area contributed by atoms with Gasteiger partial charge >= 0.3 is 6.18 Å². The molecule has 0 unspecified atom stereocenters. The number of amides is 2. The van der Waals surface area contributed by atoms with Crippen molar-refractivity contribution in [3.8, 4) is 0 Å². The van der Waals surface area contributed by atoms with Crippen molar-refractivity contribution in [2.45, 2.75) is 57.8 Å². The number of carbonyl (C=O) groups is 2. The van der Waals surface area contributed by atoms with Crippen LogP contribution in [0.2, 0.25) is 0 Å². The minimum Gasteiger partial charge on any atom is -0.382 e. The van der Waals surface area contributed by atoms with Crippen LogP contribution in [0, 0.1) is 13.8 Å². The van der Waals surface area contributed by atoms with Crippen LogP contribution in [-0.4, -0.2) is 28.9 Å². The van der Waals surface area contributed by atoms with Gasteiger partial charge in [-0.3, -0.25) is 9.59 Å². The van der Waals surface area contributed by atoms with Gasteiger partial charge in [-0.25, -0.2) is 4.98 Å². The van der Waals surface area contributed by atoms with Gasteiger partial charge in [-0.15, -0.1) is 0 Å². The normalized spacial score (nSPS) is 17.2. The highest BCUT2D eigenvalue weighted by molar-refractivity contribution is 6.05. The molecule has 1 fully saturated rings. The van der Waals surface area contributed by atoms with Crippen molar-refractivity contribution in [1.29, 1.82) is 0 Å². The number of nitrogens with zero attached hydrogens (tertiary/aromatic N) is 1. The molecular weight excluding hydrogens is 529 g/mol. The van der Waals surface area contributed by atoms with Crippen LogP contribution < -0.4 is 16.0 Å². The molecule has 1 heterocycles. The maximum absolute atomic E-state index is 13.5. The SMILES string of the molecule is Cc1ccccc1C(=O)Nc1ccc(C(=O)N[C@@H]2CCC[C@H](Nc3cc(C(F)(F)F)nc4ccccc34)C2)c(C)c1. The van der Waals surface area contributed by atoms with Crippen LogP contribution in [-0.2, 0) is 6.18 Å². The van der Waals surface area contributed by atoms with Crippen molar-refractivity contribution in [3.63, 3.8) is 0 Å². The summed E-state index contributed by atoms with van der Waals surface area (Å²) in [6, 6.07) is 20.1. The molecule has 1 aliphatic carbocycles. The lowest BCUT2D eigenvalue weighted by molar-refractivity contribution is -0.140.